The third kappa shape index (κ3) is 5.52. The number of halogens is 1. The quantitative estimate of drug-likeness (QED) is 0.726. The number of rotatable bonds is 4. The maximum atomic E-state index is 11.9. The van der Waals surface area contributed by atoms with Gasteiger partial charge in [-0.2, -0.15) is 4.31 Å². The number of hydrogen-bond acceptors (Lipinski definition) is 5. The lowest BCUT2D eigenvalue weighted by atomic mass is 10.3. The Morgan fingerprint density at radius 1 is 1.24 bits per heavy atom. The first-order chi connectivity index (χ1) is 7.22. The van der Waals surface area contributed by atoms with E-state index >= 15 is 0 Å². The lowest BCUT2D eigenvalue weighted by Gasteiger charge is -2.32. The van der Waals surface area contributed by atoms with Crippen LogP contribution in [0.25, 0.3) is 0 Å². The van der Waals surface area contributed by atoms with E-state index in [0.29, 0.717) is 19.6 Å². The molecule has 0 aliphatic carbocycles. The minimum absolute atomic E-state index is 0. The highest BCUT2D eigenvalue weighted by Gasteiger charge is 2.29. The van der Waals surface area contributed by atoms with Crippen LogP contribution in [0.4, 0.5) is 0 Å². The second kappa shape index (κ2) is 6.33. The molecule has 0 saturated carbocycles. The van der Waals surface area contributed by atoms with Crippen molar-refractivity contribution in [2.24, 2.45) is 0 Å². The van der Waals surface area contributed by atoms with Crippen molar-refractivity contribution in [2.75, 3.05) is 37.4 Å². The van der Waals surface area contributed by atoms with Crippen molar-refractivity contribution < 1.29 is 16.8 Å². The minimum atomic E-state index is -3.45. The van der Waals surface area contributed by atoms with E-state index in [9.17, 15) is 16.8 Å². The predicted molar refractivity (Wildman–Crippen MR) is 69.8 cm³/mol. The summed E-state index contributed by atoms with van der Waals surface area (Å²) >= 11 is 0. The molecule has 1 atom stereocenters. The van der Waals surface area contributed by atoms with Gasteiger partial charge in [0.1, 0.15) is 9.84 Å². The summed E-state index contributed by atoms with van der Waals surface area (Å²) in [6.45, 7) is 3.44. The molecular formula is C8H19ClN2O4S2. The van der Waals surface area contributed by atoms with Gasteiger partial charge in [0.2, 0.25) is 10.0 Å². The molecule has 0 bridgehead atoms. The van der Waals surface area contributed by atoms with Gasteiger partial charge in [-0.1, -0.05) is 0 Å². The Hall–Kier alpha value is 0.110. The Kier molecular flexibility index (Phi) is 6.37. The van der Waals surface area contributed by atoms with Crippen LogP contribution in [0.1, 0.15) is 6.92 Å². The van der Waals surface area contributed by atoms with Gasteiger partial charge in [0.05, 0.1) is 11.5 Å². The van der Waals surface area contributed by atoms with E-state index < -0.39 is 19.9 Å². The van der Waals surface area contributed by atoms with Crippen LogP contribution in [-0.2, 0) is 19.9 Å². The molecular weight excluding hydrogens is 288 g/mol. The van der Waals surface area contributed by atoms with Crippen LogP contribution in [0, 0.1) is 0 Å². The normalized spacial score (nSPS) is 23.1. The molecule has 1 aliphatic rings. The van der Waals surface area contributed by atoms with Crippen LogP contribution in [-0.4, -0.2) is 64.6 Å². The molecule has 0 aromatic heterocycles. The summed E-state index contributed by atoms with van der Waals surface area (Å²) in [5, 5.41) is 3.08. The summed E-state index contributed by atoms with van der Waals surface area (Å²) in [7, 11) is -6.69. The molecule has 0 aromatic rings. The van der Waals surface area contributed by atoms with E-state index in [0.717, 1.165) is 6.26 Å². The van der Waals surface area contributed by atoms with Gasteiger partial charge >= 0.3 is 0 Å². The first kappa shape index (κ1) is 17.1. The molecule has 1 fully saturated rings. The van der Waals surface area contributed by atoms with Crippen molar-refractivity contribution in [1.29, 1.82) is 0 Å². The number of sulfonamides is 1. The van der Waals surface area contributed by atoms with Crippen LogP contribution < -0.4 is 5.32 Å². The molecule has 0 amide bonds. The molecule has 1 N–H and O–H groups in total. The molecule has 0 aromatic carbocycles. The smallest absolute Gasteiger partial charge is 0.215 e. The minimum Gasteiger partial charge on any atom is -0.314 e. The van der Waals surface area contributed by atoms with Crippen LogP contribution in [0.3, 0.4) is 0 Å². The summed E-state index contributed by atoms with van der Waals surface area (Å²) in [5.41, 5.74) is 0. The molecule has 6 nitrogen and oxygen atoms in total. The number of nitrogens with one attached hydrogen (secondary N) is 1. The molecule has 1 heterocycles. The van der Waals surface area contributed by atoms with E-state index in [1.165, 1.54) is 4.31 Å². The van der Waals surface area contributed by atoms with Crippen LogP contribution in [0.5, 0.6) is 0 Å². The van der Waals surface area contributed by atoms with E-state index in [-0.39, 0.29) is 30.0 Å². The van der Waals surface area contributed by atoms with Crippen molar-refractivity contribution >= 4 is 32.3 Å². The molecule has 1 aliphatic heterocycles. The third-order valence-corrected chi connectivity index (χ3v) is 5.69. The number of sulfone groups is 1. The van der Waals surface area contributed by atoms with Crippen LogP contribution in [0.15, 0.2) is 0 Å². The van der Waals surface area contributed by atoms with Gasteiger partial charge < -0.3 is 5.32 Å². The lowest BCUT2D eigenvalue weighted by Crippen LogP contribution is -2.53. The Morgan fingerprint density at radius 3 is 2.29 bits per heavy atom. The summed E-state index contributed by atoms with van der Waals surface area (Å²) < 4.78 is 47.0. The number of hydrogen-bond donors (Lipinski definition) is 1. The molecule has 0 radical (unpaired) electrons. The zero-order chi connectivity index (χ0) is 12.4. The zero-order valence-electron chi connectivity index (χ0n) is 9.92. The standard InChI is InChI=1S/C8H18N2O4S2.ClH/c1-8-7-9-3-4-10(8)16(13,14)6-5-15(2,11)12;/h8-9H,3-7H2,1-2H3;1H/t8-;/m1./s1. The van der Waals surface area contributed by atoms with Crippen LogP contribution >= 0.6 is 12.4 Å². The number of piperazine rings is 1. The van der Waals surface area contributed by atoms with Gasteiger partial charge in [0.15, 0.2) is 0 Å². The van der Waals surface area contributed by atoms with Crippen LogP contribution in [0.2, 0.25) is 0 Å². The van der Waals surface area contributed by atoms with E-state index in [1.54, 1.807) is 0 Å². The summed E-state index contributed by atoms with van der Waals surface area (Å²) in [4.78, 5) is 0. The van der Waals surface area contributed by atoms with Gasteiger partial charge in [0.25, 0.3) is 0 Å². The van der Waals surface area contributed by atoms with Gasteiger partial charge in [-0.3, -0.25) is 0 Å². The summed E-state index contributed by atoms with van der Waals surface area (Å²) in [5.74, 6) is -0.637. The molecule has 104 valence electrons. The predicted octanol–water partition coefficient (Wildman–Crippen LogP) is -0.924. The average Bonchev–Trinajstić information content (AvgIpc) is 2.14. The first-order valence-electron chi connectivity index (χ1n) is 5.10. The van der Waals surface area contributed by atoms with E-state index in [4.69, 9.17) is 0 Å². The molecule has 17 heavy (non-hydrogen) atoms. The monoisotopic (exact) mass is 306 g/mol. The third-order valence-electron chi connectivity index (χ3n) is 2.51. The molecule has 1 rings (SSSR count). The van der Waals surface area contributed by atoms with Gasteiger partial charge in [0, 0.05) is 31.9 Å². The molecule has 1 saturated heterocycles. The number of nitrogens with zero attached hydrogens (tertiary/aromatic N) is 1. The van der Waals surface area contributed by atoms with Crippen molar-refractivity contribution in [1.82, 2.24) is 9.62 Å². The maximum absolute atomic E-state index is 11.9. The molecule has 0 unspecified atom stereocenters. The highest BCUT2D eigenvalue weighted by atomic mass is 35.5. The van der Waals surface area contributed by atoms with Gasteiger partial charge in [-0.25, -0.2) is 16.8 Å². The first-order valence-corrected chi connectivity index (χ1v) is 8.77. The maximum Gasteiger partial charge on any atom is 0.215 e. The van der Waals surface area contributed by atoms with Gasteiger partial charge in [-0.05, 0) is 6.92 Å². The Morgan fingerprint density at radius 2 is 1.82 bits per heavy atom. The van der Waals surface area contributed by atoms with E-state index in [2.05, 4.69) is 5.32 Å². The zero-order valence-corrected chi connectivity index (χ0v) is 12.4. The SMILES string of the molecule is C[C@@H]1CNCCN1S(=O)(=O)CCS(C)(=O)=O.Cl. The molecule has 0 spiro atoms. The Balaban J connectivity index is 0.00000256. The second-order valence-electron chi connectivity index (χ2n) is 4.11. The highest BCUT2D eigenvalue weighted by molar-refractivity contribution is 7.93. The highest BCUT2D eigenvalue weighted by Crippen LogP contribution is 2.10. The largest absolute Gasteiger partial charge is 0.314 e. The molecule has 9 heteroatoms. The fourth-order valence-corrected chi connectivity index (χ4v) is 4.89. The lowest BCUT2D eigenvalue weighted by molar-refractivity contribution is 0.284. The Labute approximate surface area is 109 Å². The Bertz CT molecular complexity index is 434. The van der Waals surface area contributed by atoms with Crippen molar-refractivity contribution in [2.45, 2.75) is 13.0 Å². The van der Waals surface area contributed by atoms with E-state index in [1.807, 2.05) is 6.92 Å². The summed E-state index contributed by atoms with van der Waals surface area (Å²) in [6.07, 6.45) is 1.05. The second-order valence-corrected chi connectivity index (χ2v) is 8.41. The van der Waals surface area contributed by atoms with Crippen molar-refractivity contribution in [3.05, 3.63) is 0 Å². The fraction of sp³-hybridized carbons (Fsp3) is 1.00. The summed E-state index contributed by atoms with van der Waals surface area (Å²) in [6, 6.07) is -0.113. The average molecular weight is 307 g/mol. The topological polar surface area (TPSA) is 83.6 Å². The van der Waals surface area contributed by atoms with Gasteiger partial charge in [-0.15, -0.1) is 12.4 Å². The van der Waals surface area contributed by atoms with Crippen molar-refractivity contribution in [3.8, 4) is 0 Å². The fourth-order valence-electron chi connectivity index (χ4n) is 1.61. The van der Waals surface area contributed by atoms with Crippen molar-refractivity contribution in [3.63, 3.8) is 0 Å².